The molecule has 0 spiro atoms. The van der Waals surface area contributed by atoms with Gasteiger partial charge in [-0.1, -0.05) is 41.4 Å². The van der Waals surface area contributed by atoms with Crippen molar-refractivity contribution in [2.24, 2.45) is 0 Å². The third-order valence-corrected chi connectivity index (χ3v) is 6.88. The lowest BCUT2D eigenvalue weighted by Crippen LogP contribution is -2.35. The van der Waals surface area contributed by atoms with Crippen LogP contribution in [0.3, 0.4) is 0 Å². The second kappa shape index (κ2) is 9.72. The van der Waals surface area contributed by atoms with Crippen LogP contribution in [0.1, 0.15) is 23.4 Å². The van der Waals surface area contributed by atoms with Crippen molar-refractivity contribution in [3.8, 4) is 0 Å². The first-order valence-corrected chi connectivity index (χ1v) is 12.1. The van der Waals surface area contributed by atoms with Crippen LogP contribution >= 0.6 is 11.6 Å². The molecule has 32 heavy (non-hydrogen) atoms. The number of nitrogens with one attached hydrogen (secondary N) is 1. The van der Waals surface area contributed by atoms with Crippen LogP contribution in [0, 0.1) is 6.92 Å². The lowest BCUT2D eigenvalue weighted by Gasteiger charge is -2.27. The summed E-state index contributed by atoms with van der Waals surface area (Å²) in [5, 5.41) is 0.680. The molecule has 170 valence electrons. The Kier molecular flexibility index (Phi) is 6.97. The van der Waals surface area contributed by atoms with E-state index in [-0.39, 0.29) is 18.1 Å². The van der Waals surface area contributed by atoms with E-state index in [0.717, 1.165) is 17.0 Å². The van der Waals surface area contributed by atoms with Crippen LogP contribution < -0.4 is 0 Å². The van der Waals surface area contributed by atoms with E-state index in [0.29, 0.717) is 24.3 Å². The number of aromatic amines is 1. The van der Waals surface area contributed by atoms with Crippen molar-refractivity contribution in [2.45, 2.75) is 43.0 Å². The summed E-state index contributed by atoms with van der Waals surface area (Å²) in [5.74, 6) is -0.200. The standard InChI is InChI=1S/C23H25ClN2O5S/c1-17-2-8-21(9-3-17)32(27,28)30-16-20-15-29-23(31-20,14-22-25-12-13-26-22)11-10-18-4-6-19(24)7-5-18/h2-9,12-13,20H,10-11,14-16H2,1H3,(H,25,26)/t20-,23?/m0/s1. The van der Waals surface area contributed by atoms with E-state index in [1.807, 2.05) is 31.2 Å². The largest absolute Gasteiger partial charge is 0.348 e. The van der Waals surface area contributed by atoms with Crippen LogP contribution in [0.5, 0.6) is 0 Å². The molecule has 1 aromatic heterocycles. The molecule has 3 aromatic rings. The number of hydrogen-bond acceptors (Lipinski definition) is 6. The van der Waals surface area contributed by atoms with Gasteiger partial charge in [-0.3, -0.25) is 4.18 Å². The van der Waals surface area contributed by atoms with Gasteiger partial charge in [0.15, 0.2) is 5.79 Å². The van der Waals surface area contributed by atoms with E-state index in [9.17, 15) is 8.42 Å². The van der Waals surface area contributed by atoms with E-state index in [2.05, 4.69) is 9.97 Å². The lowest BCUT2D eigenvalue weighted by molar-refractivity contribution is -0.174. The predicted molar refractivity (Wildman–Crippen MR) is 120 cm³/mol. The summed E-state index contributed by atoms with van der Waals surface area (Å²) in [7, 11) is -3.88. The molecule has 0 aliphatic carbocycles. The summed E-state index contributed by atoms with van der Waals surface area (Å²) in [4.78, 5) is 7.48. The van der Waals surface area contributed by atoms with Gasteiger partial charge in [0.25, 0.3) is 10.1 Å². The first-order valence-electron chi connectivity index (χ1n) is 10.3. The fourth-order valence-electron chi connectivity index (χ4n) is 3.58. The maximum absolute atomic E-state index is 12.5. The van der Waals surface area contributed by atoms with E-state index in [1.54, 1.807) is 24.5 Å². The van der Waals surface area contributed by atoms with Crippen molar-refractivity contribution < 1.29 is 22.1 Å². The Morgan fingerprint density at radius 1 is 1.19 bits per heavy atom. The average Bonchev–Trinajstić information content (AvgIpc) is 3.43. The third kappa shape index (κ3) is 5.76. The maximum Gasteiger partial charge on any atom is 0.297 e. The number of rotatable bonds is 9. The van der Waals surface area contributed by atoms with Crippen LogP contribution in [0.4, 0.5) is 0 Å². The van der Waals surface area contributed by atoms with Crippen LogP contribution in [0.15, 0.2) is 65.8 Å². The Morgan fingerprint density at radius 2 is 1.94 bits per heavy atom. The molecule has 2 heterocycles. The number of hydrogen-bond donors (Lipinski definition) is 1. The predicted octanol–water partition coefficient (Wildman–Crippen LogP) is 4.06. The molecule has 1 aliphatic heterocycles. The molecule has 7 nitrogen and oxygen atoms in total. The first kappa shape index (κ1) is 22.9. The molecular formula is C23H25ClN2O5S. The van der Waals surface area contributed by atoms with Gasteiger partial charge in [0, 0.05) is 23.8 Å². The topological polar surface area (TPSA) is 90.5 Å². The Balaban J connectivity index is 1.42. The molecule has 0 radical (unpaired) electrons. The molecular weight excluding hydrogens is 452 g/mol. The Hall–Kier alpha value is -2.23. The van der Waals surface area contributed by atoms with Crippen LogP contribution in [-0.4, -0.2) is 43.5 Å². The quantitative estimate of drug-likeness (QED) is 0.468. The summed E-state index contributed by atoms with van der Waals surface area (Å²) >= 11 is 5.98. The van der Waals surface area contributed by atoms with E-state index >= 15 is 0 Å². The molecule has 1 N–H and O–H groups in total. The number of ether oxygens (including phenoxy) is 2. The van der Waals surface area contributed by atoms with Crippen molar-refractivity contribution in [1.29, 1.82) is 0 Å². The molecule has 0 saturated carbocycles. The van der Waals surface area contributed by atoms with Crippen molar-refractivity contribution in [2.75, 3.05) is 13.2 Å². The molecule has 1 unspecified atom stereocenters. The van der Waals surface area contributed by atoms with Gasteiger partial charge < -0.3 is 14.5 Å². The maximum atomic E-state index is 12.5. The van der Waals surface area contributed by atoms with Gasteiger partial charge in [0.1, 0.15) is 11.9 Å². The molecule has 9 heteroatoms. The summed E-state index contributed by atoms with van der Waals surface area (Å²) in [6.45, 7) is 1.99. The minimum atomic E-state index is -3.88. The molecule has 2 aromatic carbocycles. The number of imidazole rings is 1. The van der Waals surface area contributed by atoms with Crippen LogP contribution in [0.2, 0.25) is 5.02 Å². The monoisotopic (exact) mass is 476 g/mol. The van der Waals surface area contributed by atoms with Gasteiger partial charge in [0.2, 0.25) is 0 Å². The summed E-state index contributed by atoms with van der Waals surface area (Å²) in [5.41, 5.74) is 2.07. The van der Waals surface area contributed by atoms with E-state index in [1.165, 1.54) is 12.1 Å². The number of halogens is 1. The highest BCUT2D eigenvalue weighted by atomic mass is 35.5. The van der Waals surface area contributed by atoms with Gasteiger partial charge in [-0.15, -0.1) is 0 Å². The highest BCUT2D eigenvalue weighted by Crippen LogP contribution is 2.32. The molecule has 1 fully saturated rings. The number of benzene rings is 2. The highest BCUT2D eigenvalue weighted by molar-refractivity contribution is 7.86. The van der Waals surface area contributed by atoms with Crippen LogP contribution in [-0.2, 0) is 36.6 Å². The second-order valence-electron chi connectivity index (χ2n) is 7.85. The minimum Gasteiger partial charge on any atom is -0.348 e. The van der Waals surface area contributed by atoms with Crippen molar-refractivity contribution in [3.05, 3.63) is 82.9 Å². The Labute approximate surface area is 192 Å². The highest BCUT2D eigenvalue weighted by Gasteiger charge is 2.42. The van der Waals surface area contributed by atoms with E-state index in [4.69, 9.17) is 25.3 Å². The van der Waals surface area contributed by atoms with Crippen molar-refractivity contribution in [1.82, 2.24) is 9.97 Å². The molecule has 2 atom stereocenters. The fourth-order valence-corrected chi connectivity index (χ4v) is 4.65. The summed E-state index contributed by atoms with van der Waals surface area (Å²) in [6.07, 6.45) is 4.58. The van der Waals surface area contributed by atoms with Crippen molar-refractivity contribution >= 4 is 21.7 Å². The van der Waals surface area contributed by atoms with Crippen LogP contribution in [0.25, 0.3) is 0 Å². The third-order valence-electron chi connectivity index (χ3n) is 5.33. The van der Waals surface area contributed by atoms with Gasteiger partial charge in [-0.05, 0) is 43.2 Å². The van der Waals surface area contributed by atoms with Gasteiger partial charge in [0.05, 0.1) is 24.5 Å². The van der Waals surface area contributed by atoms with Gasteiger partial charge in [-0.2, -0.15) is 8.42 Å². The molecule has 4 rings (SSSR count). The fraction of sp³-hybridized carbons (Fsp3) is 0.348. The Bertz CT molecular complexity index is 1120. The molecule has 0 amide bonds. The van der Waals surface area contributed by atoms with Crippen molar-refractivity contribution in [3.63, 3.8) is 0 Å². The number of H-pyrrole nitrogens is 1. The summed E-state index contributed by atoms with van der Waals surface area (Å²) in [6, 6.07) is 14.2. The molecule has 0 bridgehead atoms. The number of aryl methyl sites for hydroxylation is 2. The van der Waals surface area contributed by atoms with Gasteiger partial charge >= 0.3 is 0 Å². The van der Waals surface area contributed by atoms with Gasteiger partial charge in [-0.25, -0.2) is 4.98 Å². The lowest BCUT2D eigenvalue weighted by atomic mass is 10.0. The summed E-state index contributed by atoms with van der Waals surface area (Å²) < 4.78 is 42.6. The average molecular weight is 477 g/mol. The zero-order valence-corrected chi connectivity index (χ0v) is 19.2. The molecule has 1 saturated heterocycles. The number of nitrogens with zero attached hydrogens (tertiary/aromatic N) is 1. The number of aromatic nitrogens is 2. The van der Waals surface area contributed by atoms with E-state index < -0.39 is 22.0 Å². The minimum absolute atomic E-state index is 0.117. The first-order chi connectivity index (χ1) is 15.3. The second-order valence-corrected chi connectivity index (χ2v) is 9.90. The zero-order chi connectivity index (χ0) is 22.6. The zero-order valence-electron chi connectivity index (χ0n) is 17.7. The SMILES string of the molecule is Cc1ccc(S(=O)(=O)OC[C@@H]2COC(CCc3ccc(Cl)cc3)(Cc3ncc[nH]3)O2)cc1. The molecule has 1 aliphatic rings. The Morgan fingerprint density at radius 3 is 2.62 bits per heavy atom. The normalized spacial score (nSPS) is 21.1. The smallest absolute Gasteiger partial charge is 0.297 e.